The lowest BCUT2D eigenvalue weighted by molar-refractivity contribution is 0.102. The number of carbonyl (C=O) groups excluding carboxylic acids is 1. The maximum atomic E-state index is 12.5. The van der Waals surface area contributed by atoms with Gasteiger partial charge in [-0.05, 0) is 38.1 Å². The maximum absolute atomic E-state index is 12.5. The number of benzene rings is 1. The van der Waals surface area contributed by atoms with Gasteiger partial charge in [0.25, 0.3) is 5.91 Å². The molecule has 28 heavy (non-hydrogen) atoms. The lowest BCUT2D eigenvalue weighted by Crippen LogP contribution is -2.36. The van der Waals surface area contributed by atoms with E-state index in [1.807, 2.05) is 32.0 Å². The molecule has 1 saturated heterocycles. The number of carbonyl (C=O) groups is 1. The van der Waals surface area contributed by atoms with Gasteiger partial charge in [-0.2, -0.15) is 0 Å². The predicted octanol–water partition coefficient (Wildman–Crippen LogP) is 3.57. The Labute approximate surface area is 167 Å². The minimum absolute atomic E-state index is 0.0423. The van der Waals surface area contributed by atoms with Crippen LogP contribution in [-0.2, 0) is 4.74 Å². The topological polar surface area (TPSA) is 76.6 Å². The van der Waals surface area contributed by atoms with Crippen LogP contribution in [0.5, 0.6) is 5.88 Å². The van der Waals surface area contributed by atoms with Gasteiger partial charge in [-0.25, -0.2) is 9.97 Å². The van der Waals surface area contributed by atoms with Crippen molar-refractivity contribution >= 4 is 38.3 Å². The zero-order chi connectivity index (χ0) is 19.5. The number of hydrogen-bond acceptors (Lipinski definition) is 7. The fourth-order valence-corrected chi connectivity index (χ4v) is 3.97. The molecule has 0 atom stereocenters. The Hall–Kier alpha value is -2.71. The Bertz CT molecular complexity index is 965. The lowest BCUT2D eigenvalue weighted by atomic mass is 10.2. The van der Waals surface area contributed by atoms with Crippen LogP contribution in [0.15, 0.2) is 36.5 Å². The molecule has 0 saturated carbocycles. The first kappa shape index (κ1) is 18.6. The van der Waals surface area contributed by atoms with E-state index in [2.05, 4.69) is 15.2 Å². The molecule has 2 aromatic heterocycles. The van der Waals surface area contributed by atoms with E-state index >= 15 is 0 Å². The highest BCUT2D eigenvalue weighted by Crippen LogP contribution is 2.31. The lowest BCUT2D eigenvalue weighted by Gasteiger charge is -2.25. The van der Waals surface area contributed by atoms with Crippen molar-refractivity contribution in [1.82, 2.24) is 9.97 Å². The quantitative estimate of drug-likeness (QED) is 0.708. The summed E-state index contributed by atoms with van der Waals surface area (Å²) in [5.74, 6) is 0.300. The standard InChI is InChI=1S/C20H22N4O3S/c1-13(2)27-18-6-3-14(12-21-18)19(25)22-15-4-5-16-17(11-15)28-20(23-16)24-7-9-26-10-8-24/h3-6,11-13H,7-10H2,1-2H3,(H,22,25). The van der Waals surface area contributed by atoms with Crippen molar-refractivity contribution in [3.8, 4) is 5.88 Å². The Morgan fingerprint density at radius 3 is 2.79 bits per heavy atom. The average molecular weight is 398 g/mol. The number of rotatable bonds is 5. The van der Waals surface area contributed by atoms with Crippen molar-refractivity contribution < 1.29 is 14.3 Å². The van der Waals surface area contributed by atoms with Crippen molar-refractivity contribution in [3.05, 3.63) is 42.1 Å². The van der Waals surface area contributed by atoms with E-state index in [1.54, 1.807) is 23.5 Å². The highest BCUT2D eigenvalue weighted by molar-refractivity contribution is 7.22. The summed E-state index contributed by atoms with van der Waals surface area (Å²) in [7, 11) is 0. The number of hydrogen-bond donors (Lipinski definition) is 1. The van der Waals surface area contributed by atoms with Crippen LogP contribution in [-0.4, -0.2) is 48.3 Å². The monoisotopic (exact) mass is 398 g/mol. The summed E-state index contributed by atoms with van der Waals surface area (Å²) in [5, 5.41) is 3.92. The molecule has 1 aromatic carbocycles. The molecule has 1 aliphatic rings. The summed E-state index contributed by atoms with van der Waals surface area (Å²) in [6.45, 7) is 7.03. The molecule has 0 spiro atoms. The zero-order valence-electron chi connectivity index (χ0n) is 15.8. The van der Waals surface area contributed by atoms with E-state index in [0.29, 0.717) is 11.4 Å². The molecule has 0 bridgehead atoms. The van der Waals surface area contributed by atoms with Crippen LogP contribution < -0.4 is 15.0 Å². The summed E-state index contributed by atoms with van der Waals surface area (Å²) >= 11 is 1.63. The van der Waals surface area contributed by atoms with Crippen LogP contribution in [0.1, 0.15) is 24.2 Å². The molecule has 3 heterocycles. The Morgan fingerprint density at radius 1 is 1.25 bits per heavy atom. The largest absolute Gasteiger partial charge is 0.475 e. The van der Waals surface area contributed by atoms with Gasteiger partial charge < -0.3 is 19.7 Å². The predicted molar refractivity (Wildman–Crippen MR) is 111 cm³/mol. The number of morpholine rings is 1. The number of nitrogens with one attached hydrogen (secondary N) is 1. The first-order chi connectivity index (χ1) is 13.6. The molecule has 8 heteroatoms. The Morgan fingerprint density at radius 2 is 2.07 bits per heavy atom. The Kier molecular flexibility index (Phi) is 5.40. The average Bonchev–Trinajstić information content (AvgIpc) is 3.12. The molecule has 0 aliphatic carbocycles. The van der Waals surface area contributed by atoms with Gasteiger partial charge in [-0.15, -0.1) is 0 Å². The number of pyridine rings is 1. The number of amides is 1. The second kappa shape index (κ2) is 8.12. The fourth-order valence-electron chi connectivity index (χ4n) is 2.91. The van der Waals surface area contributed by atoms with Gasteiger partial charge in [-0.1, -0.05) is 11.3 Å². The third-order valence-electron chi connectivity index (χ3n) is 4.27. The number of anilines is 2. The Balaban J connectivity index is 1.47. The van der Waals surface area contributed by atoms with Gasteiger partial charge >= 0.3 is 0 Å². The van der Waals surface area contributed by atoms with E-state index in [9.17, 15) is 4.79 Å². The van der Waals surface area contributed by atoms with Crippen LogP contribution in [0.25, 0.3) is 10.2 Å². The molecule has 1 N–H and O–H groups in total. The van der Waals surface area contributed by atoms with Crippen molar-refractivity contribution in [1.29, 1.82) is 0 Å². The molecule has 146 valence electrons. The fraction of sp³-hybridized carbons (Fsp3) is 0.350. The summed E-state index contributed by atoms with van der Waals surface area (Å²) < 4.78 is 11.9. The summed E-state index contributed by atoms with van der Waals surface area (Å²) in [4.78, 5) is 23.6. The van der Waals surface area contributed by atoms with Crippen molar-refractivity contribution in [2.24, 2.45) is 0 Å². The van der Waals surface area contributed by atoms with Crippen LogP contribution in [0.2, 0.25) is 0 Å². The second-order valence-corrected chi connectivity index (χ2v) is 7.79. The molecule has 1 fully saturated rings. The highest BCUT2D eigenvalue weighted by Gasteiger charge is 2.16. The minimum Gasteiger partial charge on any atom is -0.475 e. The molecule has 1 amide bonds. The SMILES string of the molecule is CC(C)Oc1ccc(C(=O)Nc2ccc3nc(N4CCOCC4)sc3c2)cn1. The van der Waals surface area contributed by atoms with E-state index in [0.717, 1.165) is 47.3 Å². The summed E-state index contributed by atoms with van der Waals surface area (Å²) in [6, 6.07) is 9.17. The van der Waals surface area contributed by atoms with Crippen LogP contribution >= 0.6 is 11.3 Å². The normalized spacial score (nSPS) is 14.5. The molecule has 3 aromatic rings. The highest BCUT2D eigenvalue weighted by atomic mass is 32.1. The van der Waals surface area contributed by atoms with E-state index in [4.69, 9.17) is 14.5 Å². The van der Waals surface area contributed by atoms with Gasteiger partial charge in [0.2, 0.25) is 5.88 Å². The van der Waals surface area contributed by atoms with Crippen LogP contribution in [0.3, 0.4) is 0 Å². The van der Waals surface area contributed by atoms with Gasteiger partial charge in [0, 0.05) is 31.0 Å². The van der Waals surface area contributed by atoms with Gasteiger partial charge in [0.05, 0.1) is 35.1 Å². The first-order valence-electron chi connectivity index (χ1n) is 9.26. The maximum Gasteiger partial charge on any atom is 0.257 e. The number of ether oxygens (including phenoxy) is 2. The van der Waals surface area contributed by atoms with E-state index in [-0.39, 0.29) is 12.0 Å². The number of nitrogens with zero attached hydrogens (tertiary/aromatic N) is 3. The van der Waals surface area contributed by atoms with E-state index < -0.39 is 0 Å². The van der Waals surface area contributed by atoms with Gasteiger partial charge in [0.15, 0.2) is 5.13 Å². The third kappa shape index (κ3) is 4.23. The second-order valence-electron chi connectivity index (χ2n) is 6.78. The van der Waals surface area contributed by atoms with Crippen molar-refractivity contribution in [2.75, 3.05) is 36.5 Å². The molecular weight excluding hydrogens is 376 g/mol. The van der Waals surface area contributed by atoms with E-state index in [1.165, 1.54) is 6.20 Å². The molecule has 4 rings (SSSR count). The van der Waals surface area contributed by atoms with Crippen molar-refractivity contribution in [3.63, 3.8) is 0 Å². The summed E-state index contributed by atoms with van der Waals surface area (Å²) in [6.07, 6.45) is 1.56. The van der Waals surface area contributed by atoms with Crippen molar-refractivity contribution in [2.45, 2.75) is 20.0 Å². The number of fused-ring (bicyclic) bond motifs is 1. The van der Waals surface area contributed by atoms with Gasteiger partial charge in [0.1, 0.15) is 0 Å². The third-order valence-corrected chi connectivity index (χ3v) is 5.35. The molecule has 0 radical (unpaired) electrons. The van der Waals surface area contributed by atoms with Gasteiger partial charge in [-0.3, -0.25) is 4.79 Å². The molecule has 7 nitrogen and oxygen atoms in total. The summed E-state index contributed by atoms with van der Waals surface area (Å²) in [5.41, 5.74) is 2.15. The molecule has 0 unspecified atom stereocenters. The van der Waals surface area contributed by atoms with Crippen LogP contribution in [0, 0.1) is 0 Å². The smallest absolute Gasteiger partial charge is 0.257 e. The minimum atomic E-state index is -0.208. The van der Waals surface area contributed by atoms with Crippen LogP contribution in [0.4, 0.5) is 10.8 Å². The molecule has 1 aliphatic heterocycles. The zero-order valence-corrected chi connectivity index (χ0v) is 16.7. The number of thiazole rings is 1. The molecular formula is C20H22N4O3S. The first-order valence-corrected chi connectivity index (χ1v) is 10.1. The number of aromatic nitrogens is 2.